The van der Waals surface area contributed by atoms with E-state index >= 15 is 0 Å². The van der Waals surface area contributed by atoms with Crippen LogP contribution in [0.25, 0.3) is 0 Å². The topological polar surface area (TPSA) is 59.6 Å². The summed E-state index contributed by atoms with van der Waals surface area (Å²) in [6.45, 7) is 7.53. The van der Waals surface area contributed by atoms with Gasteiger partial charge in [-0.15, -0.1) is 0 Å². The van der Waals surface area contributed by atoms with Gasteiger partial charge in [-0.1, -0.05) is 39.3 Å². The number of hydrogen-bond donors (Lipinski definition) is 2. The first-order valence-electron chi connectivity index (χ1n) is 7.12. The van der Waals surface area contributed by atoms with E-state index in [1.54, 1.807) is 7.11 Å². The number of aliphatic imine (C=N–C) groups is 1. The molecule has 0 radical (unpaired) electrons. The van der Waals surface area contributed by atoms with E-state index in [9.17, 15) is 0 Å². The number of rotatable bonds is 6. The lowest BCUT2D eigenvalue weighted by Crippen LogP contribution is -2.23. The smallest absolute Gasteiger partial charge is 0.193 e. The Morgan fingerprint density at radius 3 is 2.60 bits per heavy atom. The summed E-state index contributed by atoms with van der Waals surface area (Å²) < 4.78 is 5.25. The van der Waals surface area contributed by atoms with Crippen LogP contribution < -0.4 is 15.8 Å². The molecule has 4 heteroatoms. The molecule has 1 aromatic rings. The first-order chi connectivity index (χ1) is 9.42. The van der Waals surface area contributed by atoms with Crippen LogP contribution in [-0.4, -0.2) is 19.6 Å². The second kappa shape index (κ2) is 7.78. The molecule has 0 spiro atoms. The lowest BCUT2D eigenvalue weighted by molar-refractivity contribution is 0.361. The standard InChI is InChI=1S/C16H27N3O/c1-16(2,3)11-7-8-12-18-15(17)19-13-9-5-6-10-14(13)20-4/h5-6,9-10H,7-8,11-12H2,1-4H3,(H3,17,18,19). The van der Waals surface area contributed by atoms with Crippen LogP contribution in [0.3, 0.4) is 0 Å². The molecular weight excluding hydrogens is 250 g/mol. The van der Waals surface area contributed by atoms with Crippen LogP contribution in [0.15, 0.2) is 29.3 Å². The minimum atomic E-state index is 0.394. The molecule has 1 aromatic carbocycles. The summed E-state index contributed by atoms with van der Waals surface area (Å²) in [5, 5.41) is 3.07. The Morgan fingerprint density at radius 1 is 1.25 bits per heavy atom. The van der Waals surface area contributed by atoms with Crippen LogP contribution >= 0.6 is 0 Å². The molecule has 20 heavy (non-hydrogen) atoms. The molecule has 0 heterocycles. The van der Waals surface area contributed by atoms with E-state index in [1.165, 1.54) is 12.8 Å². The van der Waals surface area contributed by atoms with Gasteiger partial charge in [-0.3, -0.25) is 4.99 Å². The molecule has 0 amide bonds. The van der Waals surface area contributed by atoms with Gasteiger partial charge in [0.05, 0.1) is 12.8 Å². The predicted molar refractivity (Wildman–Crippen MR) is 86.4 cm³/mol. The van der Waals surface area contributed by atoms with Crippen molar-refractivity contribution in [1.82, 2.24) is 0 Å². The quantitative estimate of drug-likeness (QED) is 0.474. The van der Waals surface area contributed by atoms with Gasteiger partial charge in [-0.25, -0.2) is 0 Å². The molecule has 0 saturated carbocycles. The maximum Gasteiger partial charge on any atom is 0.193 e. The van der Waals surface area contributed by atoms with Crippen molar-refractivity contribution in [3.63, 3.8) is 0 Å². The number of anilines is 1. The molecule has 0 aliphatic rings. The van der Waals surface area contributed by atoms with Crippen LogP contribution in [0.5, 0.6) is 5.75 Å². The van der Waals surface area contributed by atoms with Crippen molar-refractivity contribution in [1.29, 1.82) is 0 Å². The van der Waals surface area contributed by atoms with Gasteiger partial charge in [0.25, 0.3) is 0 Å². The molecule has 1 rings (SSSR count). The number of ether oxygens (including phenoxy) is 1. The summed E-state index contributed by atoms with van der Waals surface area (Å²) in [5.41, 5.74) is 7.11. The highest BCUT2D eigenvalue weighted by Gasteiger charge is 2.08. The zero-order valence-corrected chi connectivity index (χ0v) is 13.1. The fourth-order valence-electron chi connectivity index (χ4n) is 1.89. The fraction of sp³-hybridized carbons (Fsp3) is 0.562. The maximum absolute atomic E-state index is 5.88. The molecule has 0 saturated heterocycles. The van der Waals surface area contributed by atoms with Crippen LogP contribution in [0.2, 0.25) is 0 Å². The number of guanidine groups is 1. The Morgan fingerprint density at radius 2 is 1.95 bits per heavy atom. The lowest BCUT2D eigenvalue weighted by atomic mass is 9.90. The Hall–Kier alpha value is -1.71. The Balaban J connectivity index is 2.38. The average Bonchev–Trinajstić information content (AvgIpc) is 2.37. The summed E-state index contributed by atoms with van der Waals surface area (Å²) in [5.74, 6) is 1.20. The van der Waals surface area contributed by atoms with Crippen LogP contribution in [-0.2, 0) is 0 Å². The van der Waals surface area contributed by atoms with Crippen LogP contribution in [0, 0.1) is 5.41 Å². The van der Waals surface area contributed by atoms with Crippen molar-refractivity contribution in [2.24, 2.45) is 16.1 Å². The monoisotopic (exact) mass is 277 g/mol. The van der Waals surface area contributed by atoms with Crippen molar-refractivity contribution in [3.8, 4) is 5.75 Å². The van der Waals surface area contributed by atoms with Crippen LogP contribution in [0.4, 0.5) is 5.69 Å². The van der Waals surface area contributed by atoms with E-state index < -0.39 is 0 Å². The first-order valence-corrected chi connectivity index (χ1v) is 7.12. The molecular formula is C16H27N3O. The lowest BCUT2D eigenvalue weighted by Gasteiger charge is -2.17. The minimum absolute atomic E-state index is 0.394. The normalized spacial score (nSPS) is 12.3. The molecule has 0 aromatic heterocycles. The van der Waals surface area contributed by atoms with E-state index in [0.29, 0.717) is 11.4 Å². The fourth-order valence-corrected chi connectivity index (χ4v) is 1.89. The maximum atomic E-state index is 5.88. The summed E-state index contributed by atoms with van der Waals surface area (Å²) >= 11 is 0. The number of nitrogens with one attached hydrogen (secondary N) is 1. The van der Waals surface area contributed by atoms with Gasteiger partial charge in [-0.2, -0.15) is 0 Å². The summed E-state index contributed by atoms with van der Waals surface area (Å²) in [4.78, 5) is 4.34. The molecule has 0 aliphatic heterocycles. The Labute approximate surface area is 122 Å². The number of methoxy groups -OCH3 is 1. The van der Waals surface area contributed by atoms with E-state index in [4.69, 9.17) is 10.5 Å². The second-order valence-electron chi connectivity index (χ2n) is 6.11. The molecule has 0 fully saturated rings. The van der Waals surface area contributed by atoms with Gasteiger partial charge in [0, 0.05) is 6.54 Å². The zero-order valence-electron chi connectivity index (χ0n) is 13.1. The van der Waals surface area contributed by atoms with Gasteiger partial charge in [0.2, 0.25) is 0 Å². The third-order valence-corrected chi connectivity index (χ3v) is 2.99. The van der Waals surface area contributed by atoms with Gasteiger partial charge < -0.3 is 15.8 Å². The first kappa shape index (κ1) is 16.3. The van der Waals surface area contributed by atoms with Gasteiger partial charge in [-0.05, 0) is 30.4 Å². The molecule has 0 aliphatic carbocycles. The summed E-state index contributed by atoms with van der Waals surface area (Å²) in [6, 6.07) is 7.66. The van der Waals surface area contributed by atoms with E-state index in [0.717, 1.165) is 24.4 Å². The molecule has 0 bridgehead atoms. The predicted octanol–water partition coefficient (Wildman–Crippen LogP) is 3.64. The van der Waals surface area contributed by atoms with Crippen molar-refractivity contribution >= 4 is 11.6 Å². The Bertz CT molecular complexity index is 436. The van der Waals surface area contributed by atoms with Crippen molar-refractivity contribution in [2.45, 2.75) is 40.0 Å². The molecule has 3 N–H and O–H groups in total. The highest BCUT2D eigenvalue weighted by molar-refractivity contribution is 5.93. The van der Waals surface area contributed by atoms with Crippen molar-refractivity contribution in [3.05, 3.63) is 24.3 Å². The van der Waals surface area contributed by atoms with Gasteiger partial charge in [0.1, 0.15) is 5.75 Å². The van der Waals surface area contributed by atoms with E-state index in [-0.39, 0.29) is 0 Å². The summed E-state index contributed by atoms with van der Waals surface area (Å²) in [6.07, 6.45) is 3.45. The van der Waals surface area contributed by atoms with Gasteiger partial charge >= 0.3 is 0 Å². The van der Waals surface area contributed by atoms with Crippen molar-refractivity contribution in [2.75, 3.05) is 19.0 Å². The zero-order chi connectivity index (χ0) is 15.0. The number of para-hydroxylation sites is 2. The molecule has 4 nitrogen and oxygen atoms in total. The third-order valence-electron chi connectivity index (χ3n) is 2.99. The molecule has 112 valence electrons. The molecule has 0 atom stereocenters. The number of hydrogen-bond acceptors (Lipinski definition) is 2. The van der Waals surface area contributed by atoms with Crippen LogP contribution in [0.1, 0.15) is 40.0 Å². The highest BCUT2D eigenvalue weighted by Crippen LogP contribution is 2.23. The number of nitrogens with two attached hydrogens (primary N) is 1. The second-order valence-corrected chi connectivity index (χ2v) is 6.11. The average molecular weight is 277 g/mol. The summed E-state index contributed by atoms with van der Waals surface area (Å²) in [7, 11) is 1.64. The number of nitrogens with zero attached hydrogens (tertiary/aromatic N) is 1. The third kappa shape index (κ3) is 6.45. The van der Waals surface area contributed by atoms with E-state index in [1.807, 2.05) is 24.3 Å². The minimum Gasteiger partial charge on any atom is -0.495 e. The van der Waals surface area contributed by atoms with Crippen molar-refractivity contribution < 1.29 is 4.74 Å². The number of benzene rings is 1. The number of unbranched alkanes of at least 4 members (excludes halogenated alkanes) is 1. The largest absolute Gasteiger partial charge is 0.495 e. The van der Waals surface area contributed by atoms with E-state index in [2.05, 4.69) is 31.1 Å². The highest BCUT2D eigenvalue weighted by atomic mass is 16.5. The van der Waals surface area contributed by atoms with Gasteiger partial charge in [0.15, 0.2) is 5.96 Å². The SMILES string of the molecule is COc1ccccc1NC(N)=NCCCCC(C)(C)C. The molecule has 0 unspecified atom stereocenters. The Kier molecular flexibility index (Phi) is 6.36.